The second kappa shape index (κ2) is 8.62. The summed E-state index contributed by atoms with van der Waals surface area (Å²) < 4.78 is 65.2. The Labute approximate surface area is 165 Å². The van der Waals surface area contributed by atoms with Gasteiger partial charge in [0.1, 0.15) is 0 Å². The van der Waals surface area contributed by atoms with Crippen molar-refractivity contribution in [2.24, 2.45) is 0 Å². The summed E-state index contributed by atoms with van der Waals surface area (Å²) in [6.07, 6.45) is -4.57. The van der Waals surface area contributed by atoms with Gasteiger partial charge in [0.25, 0.3) is 0 Å². The lowest BCUT2D eigenvalue weighted by Gasteiger charge is -2.15. The Morgan fingerprint density at radius 1 is 0.966 bits per heavy atom. The van der Waals surface area contributed by atoms with E-state index >= 15 is 0 Å². The van der Waals surface area contributed by atoms with Crippen molar-refractivity contribution in [1.82, 2.24) is 4.72 Å². The van der Waals surface area contributed by atoms with Crippen molar-refractivity contribution in [3.8, 4) is 0 Å². The largest absolute Gasteiger partial charge is 0.416 e. The maximum absolute atomic E-state index is 12.7. The van der Waals surface area contributed by atoms with Crippen molar-refractivity contribution in [1.29, 1.82) is 0 Å². The summed E-state index contributed by atoms with van der Waals surface area (Å²) in [4.78, 5) is 23.0. The van der Waals surface area contributed by atoms with E-state index in [1.165, 1.54) is 44.2 Å². The predicted octanol–water partition coefficient (Wildman–Crippen LogP) is 2.97. The molecule has 3 N–H and O–H groups in total. The van der Waals surface area contributed by atoms with Gasteiger partial charge in [0, 0.05) is 18.3 Å². The highest BCUT2D eigenvalue weighted by Gasteiger charge is 2.30. The Balaban J connectivity index is 2.07. The van der Waals surface area contributed by atoms with Gasteiger partial charge in [-0.15, -0.1) is 0 Å². The van der Waals surface area contributed by atoms with E-state index in [0.717, 1.165) is 18.2 Å². The zero-order chi connectivity index (χ0) is 21.8. The average molecular weight is 429 g/mol. The summed E-state index contributed by atoms with van der Waals surface area (Å²) >= 11 is 0. The van der Waals surface area contributed by atoms with Crippen molar-refractivity contribution in [3.05, 3.63) is 54.1 Å². The fourth-order valence-corrected chi connectivity index (χ4v) is 3.50. The van der Waals surface area contributed by atoms with Gasteiger partial charge >= 0.3 is 6.18 Å². The van der Waals surface area contributed by atoms with E-state index in [-0.39, 0.29) is 16.5 Å². The molecule has 1 atom stereocenters. The number of halogens is 3. The standard InChI is InChI=1S/C18H18F3N3O4S/c1-11(17(26)23-15-5-3-4-13(10-15)18(19,20)21)24-29(27,28)16-8-6-14(7-9-16)22-12(2)25/h3-11,24H,1-2H3,(H,22,25)(H,23,26). The number of sulfonamides is 1. The third-order valence-electron chi connectivity index (χ3n) is 3.67. The maximum atomic E-state index is 12.7. The van der Waals surface area contributed by atoms with Gasteiger partial charge in [-0.25, -0.2) is 8.42 Å². The number of alkyl halides is 3. The molecule has 0 bridgehead atoms. The lowest BCUT2D eigenvalue weighted by atomic mass is 10.2. The first-order valence-electron chi connectivity index (χ1n) is 8.26. The van der Waals surface area contributed by atoms with Gasteiger partial charge < -0.3 is 10.6 Å². The zero-order valence-corrected chi connectivity index (χ0v) is 16.2. The highest BCUT2D eigenvalue weighted by molar-refractivity contribution is 7.89. The van der Waals surface area contributed by atoms with Crippen molar-refractivity contribution in [3.63, 3.8) is 0 Å². The first kappa shape index (κ1) is 22.4. The molecule has 1 unspecified atom stereocenters. The molecular formula is C18H18F3N3O4S. The molecule has 0 aliphatic rings. The summed E-state index contributed by atoms with van der Waals surface area (Å²) in [6, 6.07) is 7.97. The molecule has 0 aromatic heterocycles. The molecule has 2 aromatic rings. The minimum absolute atomic E-state index is 0.115. The van der Waals surface area contributed by atoms with Crippen LogP contribution in [0.2, 0.25) is 0 Å². The zero-order valence-electron chi connectivity index (χ0n) is 15.4. The van der Waals surface area contributed by atoms with Crippen LogP contribution in [0, 0.1) is 0 Å². The summed E-state index contributed by atoms with van der Waals surface area (Å²) in [6.45, 7) is 2.56. The third-order valence-corrected chi connectivity index (χ3v) is 5.22. The first-order valence-corrected chi connectivity index (χ1v) is 9.75. The van der Waals surface area contributed by atoms with Gasteiger partial charge in [-0.2, -0.15) is 17.9 Å². The maximum Gasteiger partial charge on any atom is 0.416 e. The number of hydrogen-bond donors (Lipinski definition) is 3. The Morgan fingerprint density at radius 3 is 2.14 bits per heavy atom. The molecule has 2 amide bonds. The number of nitrogens with one attached hydrogen (secondary N) is 3. The van der Waals surface area contributed by atoms with E-state index in [9.17, 15) is 31.2 Å². The lowest BCUT2D eigenvalue weighted by molar-refractivity contribution is -0.137. The summed E-state index contributed by atoms with van der Waals surface area (Å²) in [5.74, 6) is -1.15. The minimum Gasteiger partial charge on any atom is -0.326 e. The predicted molar refractivity (Wildman–Crippen MR) is 101 cm³/mol. The molecule has 0 spiro atoms. The SMILES string of the molecule is CC(=O)Nc1ccc(S(=O)(=O)NC(C)C(=O)Nc2cccc(C(F)(F)F)c2)cc1. The van der Waals surface area contributed by atoms with E-state index in [1.54, 1.807) is 0 Å². The summed E-state index contributed by atoms with van der Waals surface area (Å²) in [7, 11) is -4.08. The van der Waals surface area contributed by atoms with Crippen LogP contribution in [0.1, 0.15) is 19.4 Å². The van der Waals surface area contributed by atoms with Gasteiger partial charge in [0.05, 0.1) is 16.5 Å². The van der Waals surface area contributed by atoms with Crippen LogP contribution >= 0.6 is 0 Å². The second-order valence-electron chi connectivity index (χ2n) is 6.12. The molecule has 0 radical (unpaired) electrons. The van der Waals surface area contributed by atoms with Crippen LogP contribution in [0.25, 0.3) is 0 Å². The monoisotopic (exact) mass is 429 g/mol. The van der Waals surface area contributed by atoms with E-state index in [1.807, 2.05) is 0 Å². The highest BCUT2D eigenvalue weighted by Crippen LogP contribution is 2.30. The third kappa shape index (κ3) is 6.29. The number of carbonyl (C=O) groups excluding carboxylic acids is 2. The van der Waals surface area contributed by atoms with Crippen LogP contribution in [0.3, 0.4) is 0 Å². The number of amides is 2. The van der Waals surface area contributed by atoms with Gasteiger partial charge in [-0.05, 0) is 49.4 Å². The minimum atomic E-state index is -4.57. The molecule has 0 heterocycles. The molecule has 0 aliphatic heterocycles. The fourth-order valence-electron chi connectivity index (χ4n) is 2.30. The number of hydrogen-bond acceptors (Lipinski definition) is 4. The van der Waals surface area contributed by atoms with Gasteiger partial charge in [0.2, 0.25) is 21.8 Å². The normalized spacial score (nSPS) is 12.9. The summed E-state index contributed by atoms with van der Waals surface area (Å²) in [5.41, 5.74) is -0.662. The molecule has 0 saturated heterocycles. The van der Waals surface area contributed by atoms with E-state index < -0.39 is 33.7 Å². The molecule has 2 aromatic carbocycles. The molecule has 0 aliphatic carbocycles. The second-order valence-corrected chi connectivity index (χ2v) is 7.83. The van der Waals surface area contributed by atoms with Gasteiger partial charge in [0.15, 0.2) is 0 Å². The van der Waals surface area contributed by atoms with E-state index in [4.69, 9.17) is 0 Å². The molecule has 0 saturated carbocycles. The molecule has 11 heteroatoms. The lowest BCUT2D eigenvalue weighted by Crippen LogP contribution is -2.41. The van der Waals surface area contributed by atoms with Crippen LogP contribution in [-0.2, 0) is 25.8 Å². The van der Waals surface area contributed by atoms with Crippen LogP contribution in [0.4, 0.5) is 24.5 Å². The van der Waals surface area contributed by atoms with E-state index in [2.05, 4.69) is 15.4 Å². The van der Waals surface area contributed by atoms with Gasteiger partial charge in [-0.1, -0.05) is 6.07 Å². The molecule has 2 rings (SSSR count). The fraction of sp³-hybridized carbons (Fsp3) is 0.222. The van der Waals surface area contributed by atoms with Crippen LogP contribution in [0.5, 0.6) is 0 Å². The number of benzene rings is 2. The molecule has 156 valence electrons. The van der Waals surface area contributed by atoms with Crippen molar-refractivity contribution in [2.45, 2.75) is 31.0 Å². The Morgan fingerprint density at radius 2 is 1.59 bits per heavy atom. The molecule has 0 fully saturated rings. The summed E-state index contributed by atoms with van der Waals surface area (Å²) in [5, 5.41) is 4.73. The van der Waals surface area contributed by atoms with Gasteiger partial charge in [-0.3, -0.25) is 9.59 Å². The molecule has 7 nitrogen and oxygen atoms in total. The topological polar surface area (TPSA) is 104 Å². The Bertz CT molecular complexity index is 1010. The molecule has 29 heavy (non-hydrogen) atoms. The molecular weight excluding hydrogens is 411 g/mol. The Hall–Kier alpha value is -2.92. The van der Waals surface area contributed by atoms with Crippen molar-refractivity contribution >= 4 is 33.2 Å². The quantitative estimate of drug-likeness (QED) is 0.657. The number of carbonyl (C=O) groups is 2. The van der Waals surface area contributed by atoms with Crippen molar-refractivity contribution < 1.29 is 31.2 Å². The smallest absolute Gasteiger partial charge is 0.326 e. The van der Waals surface area contributed by atoms with Crippen LogP contribution < -0.4 is 15.4 Å². The average Bonchev–Trinajstić information content (AvgIpc) is 2.60. The van der Waals surface area contributed by atoms with E-state index in [0.29, 0.717) is 5.69 Å². The highest BCUT2D eigenvalue weighted by atomic mass is 32.2. The number of rotatable bonds is 6. The van der Waals surface area contributed by atoms with Crippen molar-refractivity contribution in [2.75, 3.05) is 10.6 Å². The first-order chi connectivity index (χ1) is 13.4. The van der Waals surface area contributed by atoms with Crippen LogP contribution in [0.15, 0.2) is 53.4 Å². The number of anilines is 2. The Kier molecular flexibility index (Phi) is 6.65. The van der Waals surface area contributed by atoms with Crippen LogP contribution in [-0.4, -0.2) is 26.3 Å².